The van der Waals surface area contributed by atoms with Crippen LogP contribution in [0.5, 0.6) is 0 Å². The number of amides is 1. The van der Waals surface area contributed by atoms with E-state index < -0.39 is 0 Å². The van der Waals surface area contributed by atoms with Crippen molar-refractivity contribution in [2.24, 2.45) is 5.41 Å². The molecule has 0 radical (unpaired) electrons. The molecule has 1 aromatic carbocycles. The van der Waals surface area contributed by atoms with Crippen LogP contribution in [0.25, 0.3) is 0 Å². The maximum atomic E-state index is 12.3. The molecule has 3 nitrogen and oxygen atoms in total. The summed E-state index contributed by atoms with van der Waals surface area (Å²) in [4.78, 5) is 12.3. The Labute approximate surface area is 120 Å². The number of aryl methyl sites for hydroxylation is 1. The number of aliphatic hydroxyl groups excluding tert-OH is 1. The molecular weight excluding hydrogens is 250 g/mol. The highest BCUT2D eigenvalue weighted by atomic mass is 16.2. The molecule has 0 bridgehead atoms. The summed E-state index contributed by atoms with van der Waals surface area (Å²) in [7, 11) is 0. The number of carbonyl (C=O) groups excluding carboxylic acids is 1. The van der Waals surface area contributed by atoms with E-state index in [1.165, 1.54) is 12.8 Å². The minimum Gasteiger partial charge on any atom is -0.395 e. The Kier molecular flexibility index (Phi) is 4.46. The molecule has 0 unspecified atom stereocenters. The number of carbonyl (C=O) groups is 1. The van der Waals surface area contributed by atoms with Gasteiger partial charge in [0.2, 0.25) is 0 Å². The molecule has 0 aromatic heterocycles. The number of hydrogen-bond donors (Lipinski definition) is 2. The Bertz CT molecular complexity index is 562. The molecule has 0 spiro atoms. The van der Waals surface area contributed by atoms with Gasteiger partial charge >= 0.3 is 0 Å². The summed E-state index contributed by atoms with van der Waals surface area (Å²) in [6.07, 6.45) is 2.79. The zero-order valence-corrected chi connectivity index (χ0v) is 12.1. The summed E-state index contributed by atoms with van der Waals surface area (Å²) < 4.78 is 0. The maximum Gasteiger partial charge on any atom is 0.252 e. The van der Waals surface area contributed by atoms with E-state index in [0.29, 0.717) is 17.4 Å². The lowest BCUT2D eigenvalue weighted by atomic mass is 10.0. The standard InChI is InChI=1S/C17H21NO2/c1-13-6-7-15(14(11-13)5-3-4-10-19)16(20)18-12-17(2)8-9-17/h6-7,11,19H,4,8-10,12H2,1-2H3,(H,18,20). The van der Waals surface area contributed by atoms with Gasteiger partial charge in [-0.25, -0.2) is 0 Å². The third-order valence-corrected chi connectivity index (χ3v) is 3.66. The molecular formula is C17H21NO2. The molecule has 0 aliphatic heterocycles. The van der Waals surface area contributed by atoms with Crippen LogP contribution in [0.1, 0.15) is 47.7 Å². The number of benzene rings is 1. The van der Waals surface area contributed by atoms with Gasteiger partial charge in [0.25, 0.3) is 5.91 Å². The fourth-order valence-corrected chi connectivity index (χ4v) is 1.95. The highest BCUT2D eigenvalue weighted by molar-refractivity contribution is 5.96. The Hall–Kier alpha value is -1.79. The van der Waals surface area contributed by atoms with Crippen molar-refractivity contribution in [3.05, 3.63) is 34.9 Å². The number of hydrogen-bond acceptors (Lipinski definition) is 2. The highest BCUT2D eigenvalue weighted by Gasteiger charge is 2.37. The lowest BCUT2D eigenvalue weighted by Gasteiger charge is -2.11. The van der Waals surface area contributed by atoms with Crippen LogP contribution in [-0.2, 0) is 0 Å². The van der Waals surface area contributed by atoms with Gasteiger partial charge in [-0.05, 0) is 42.9 Å². The first-order valence-corrected chi connectivity index (χ1v) is 7.03. The fourth-order valence-electron chi connectivity index (χ4n) is 1.95. The van der Waals surface area contributed by atoms with Crippen molar-refractivity contribution >= 4 is 5.91 Å². The molecule has 0 heterocycles. The summed E-state index contributed by atoms with van der Waals surface area (Å²) in [6.45, 7) is 4.93. The predicted octanol–water partition coefficient (Wildman–Crippen LogP) is 2.26. The smallest absolute Gasteiger partial charge is 0.252 e. The van der Waals surface area contributed by atoms with Crippen LogP contribution in [0.4, 0.5) is 0 Å². The number of aliphatic hydroxyl groups is 1. The van der Waals surface area contributed by atoms with E-state index in [1.54, 1.807) is 0 Å². The third kappa shape index (κ3) is 3.85. The van der Waals surface area contributed by atoms with Gasteiger partial charge in [-0.15, -0.1) is 0 Å². The van der Waals surface area contributed by atoms with Gasteiger partial charge in [0.15, 0.2) is 0 Å². The van der Waals surface area contributed by atoms with Crippen LogP contribution >= 0.6 is 0 Å². The molecule has 106 valence electrons. The van der Waals surface area contributed by atoms with E-state index in [-0.39, 0.29) is 12.5 Å². The molecule has 1 aliphatic carbocycles. The van der Waals surface area contributed by atoms with Crippen molar-refractivity contribution in [1.82, 2.24) is 5.32 Å². The van der Waals surface area contributed by atoms with Crippen molar-refractivity contribution in [2.45, 2.75) is 33.1 Å². The number of rotatable bonds is 4. The van der Waals surface area contributed by atoms with E-state index in [2.05, 4.69) is 24.1 Å². The van der Waals surface area contributed by atoms with E-state index >= 15 is 0 Å². The molecule has 2 rings (SSSR count). The monoisotopic (exact) mass is 271 g/mol. The van der Waals surface area contributed by atoms with Gasteiger partial charge < -0.3 is 10.4 Å². The van der Waals surface area contributed by atoms with E-state index in [9.17, 15) is 4.79 Å². The quantitative estimate of drug-likeness (QED) is 0.825. The fraction of sp³-hybridized carbons (Fsp3) is 0.471. The SMILES string of the molecule is Cc1ccc(C(=O)NCC2(C)CC2)c(C#CCCO)c1. The molecule has 2 N–H and O–H groups in total. The lowest BCUT2D eigenvalue weighted by molar-refractivity contribution is 0.0946. The second kappa shape index (κ2) is 6.11. The van der Waals surface area contributed by atoms with Crippen LogP contribution in [-0.4, -0.2) is 24.2 Å². The summed E-state index contributed by atoms with van der Waals surface area (Å²) >= 11 is 0. The third-order valence-electron chi connectivity index (χ3n) is 3.66. The molecule has 3 heteroatoms. The van der Waals surface area contributed by atoms with Gasteiger partial charge in [-0.3, -0.25) is 4.79 Å². The molecule has 0 atom stereocenters. The van der Waals surface area contributed by atoms with Crippen molar-refractivity contribution in [3.63, 3.8) is 0 Å². The van der Waals surface area contributed by atoms with E-state index in [0.717, 1.165) is 17.7 Å². The zero-order chi connectivity index (χ0) is 14.6. The molecule has 1 aromatic rings. The summed E-state index contributed by atoms with van der Waals surface area (Å²) in [6, 6.07) is 5.66. The molecule has 1 saturated carbocycles. The van der Waals surface area contributed by atoms with Crippen molar-refractivity contribution in [1.29, 1.82) is 0 Å². The minimum absolute atomic E-state index is 0.0404. The largest absolute Gasteiger partial charge is 0.395 e. The Morgan fingerprint density at radius 2 is 2.20 bits per heavy atom. The minimum atomic E-state index is -0.0635. The summed E-state index contributed by atoms with van der Waals surface area (Å²) in [5, 5.41) is 11.8. The first kappa shape index (κ1) is 14.6. The first-order valence-electron chi connectivity index (χ1n) is 7.03. The van der Waals surface area contributed by atoms with Crippen LogP contribution in [0.3, 0.4) is 0 Å². The second-order valence-corrected chi connectivity index (χ2v) is 5.82. The van der Waals surface area contributed by atoms with E-state index in [4.69, 9.17) is 5.11 Å². The van der Waals surface area contributed by atoms with Crippen molar-refractivity contribution < 1.29 is 9.90 Å². The van der Waals surface area contributed by atoms with Crippen LogP contribution in [0, 0.1) is 24.2 Å². The van der Waals surface area contributed by atoms with Gasteiger partial charge in [-0.2, -0.15) is 0 Å². The van der Waals surface area contributed by atoms with Gasteiger partial charge in [0.1, 0.15) is 0 Å². The van der Waals surface area contributed by atoms with Crippen molar-refractivity contribution in [3.8, 4) is 11.8 Å². The molecule has 1 aliphatic rings. The summed E-state index contributed by atoms with van der Waals surface area (Å²) in [5.74, 6) is 5.79. The second-order valence-electron chi connectivity index (χ2n) is 5.82. The Morgan fingerprint density at radius 1 is 1.45 bits per heavy atom. The molecule has 1 fully saturated rings. The molecule has 1 amide bonds. The molecule has 20 heavy (non-hydrogen) atoms. The Balaban J connectivity index is 2.13. The number of nitrogens with one attached hydrogen (secondary N) is 1. The normalized spacial score (nSPS) is 15.2. The van der Waals surface area contributed by atoms with E-state index in [1.807, 2.05) is 25.1 Å². The average Bonchev–Trinajstić information content (AvgIpc) is 3.15. The molecule has 0 saturated heterocycles. The average molecular weight is 271 g/mol. The maximum absolute atomic E-state index is 12.3. The zero-order valence-electron chi connectivity index (χ0n) is 12.1. The van der Waals surface area contributed by atoms with Gasteiger partial charge in [0, 0.05) is 18.5 Å². The van der Waals surface area contributed by atoms with Crippen LogP contribution in [0.2, 0.25) is 0 Å². The predicted molar refractivity (Wildman–Crippen MR) is 79.4 cm³/mol. The van der Waals surface area contributed by atoms with Crippen LogP contribution in [0.15, 0.2) is 18.2 Å². The van der Waals surface area contributed by atoms with Gasteiger partial charge in [-0.1, -0.05) is 24.8 Å². The Morgan fingerprint density at radius 3 is 2.85 bits per heavy atom. The van der Waals surface area contributed by atoms with Crippen LogP contribution < -0.4 is 5.32 Å². The lowest BCUT2D eigenvalue weighted by Crippen LogP contribution is -2.29. The van der Waals surface area contributed by atoms with Crippen molar-refractivity contribution in [2.75, 3.05) is 13.2 Å². The summed E-state index contributed by atoms with van der Waals surface area (Å²) in [5.41, 5.74) is 2.72. The first-order chi connectivity index (χ1) is 9.54. The topological polar surface area (TPSA) is 49.3 Å². The highest BCUT2D eigenvalue weighted by Crippen LogP contribution is 2.44. The van der Waals surface area contributed by atoms with Gasteiger partial charge in [0.05, 0.1) is 12.2 Å².